The molecular weight excluding hydrogens is 380 g/mol. The van der Waals surface area contributed by atoms with E-state index in [1.807, 2.05) is 0 Å². The molecule has 0 saturated carbocycles. The summed E-state index contributed by atoms with van der Waals surface area (Å²) in [6.07, 6.45) is 12.1. The lowest BCUT2D eigenvalue weighted by Crippen LogP contribution is -2.51. The Hall–Kier alpha value is -1.32. The number of rotatable bonds is 17. The zero-order chi connectivity index (χ0) is 22.1. The second kappa shape index (κ2) is 16.5. The third-order valence-electron chi connectivity index (χ3n) is 4.64. The molecule has 0 aliphatic heterocycles. The van der Waals surface area contributed by atoms with Crippen molar-refractivity contribution >= 4 is 11.9 Å². The molecular formula is C21H38O8. The topological polar surface area (TPSA) is 145 Å². The third kappa shape index (κ3) is 12.8. The van der Waals surface area contributed by atoms with Gasteiger partial charge in [-0.25, -0.2) is 9.59 Å². The molecule has 8 heteroatoms. The highest BCUT2D eigenvalue weighted by Gasteiger charge is 2.44. The van der Waals surface area contributed by atoms with Gasteiger partial charge in [0.05, 0.1) is 6.61 Å². The highest BCUT2D eigenvalue weighted by Crippen LogP contribution is 2.17. The Bertz CT molecular complexity index is 475. The molecule has 5 N–H and O–H groups in total. The Morgan fingerprint density at radius 1 is 0.897 bits per heavy atom. The van der Waals surface area contributed by atoms with Gasteiger partial charge >= 0.3 is 11.9 Å². The van der Waals surface area contributed by atoms with Crippen LogP contribution in [-0.4, -0.2) is 62.1 Å². The standard InChI is InChI=1S/C21H38O8/c1-2-3-4-5-6-7-8-9-10-11-12-13-14-15-18(24)21(27,28)20(26)29-19(25)17(23)16-22/h9-10,17-18,22-24,27-28H,2-8,11-16H2,1H3/b10-9-. The molecule has 2 atom stereocenters. The summed E-state index contributed by atoms with van der Waals surface area (Å²) in [5.41, 5.74) is 0. The molecule has 0 saturated heterocycles. The first kappa shape index (κ1) is 27.7. The van der Waals surface area contributed by atoms with E-state index in [0.29, 0.717) is 6.42 Å². The Labute approximate surface area is 173 Å². The lowest BCUT2D eigenvalue weighted by molar-refractivity contribution is -0.242. The number of unbranched alkanes of at least 4 members (excludes halogenated alkanes) is 9. The number of allylic oxidation sites excluding steroid dienone is 2. The number of aliphatic hydroxyl groups is 5. The maximum absolute atomic E-state index is 11.6. The van der Waals surface area contributed by atoms with Crippen molar-refractivity contribution in [3.63, 3.8) is 0 Å². The van der Waals surface area contributed by atoms with Crippen molar-refractivity contribution in [2.75, 3.05) is 6.61 Å². The summed E-state index contributed by atoms with van der Waals surface area (Å²) >= 11 is 0. The molecule has 0 radical (unpaired) electrons. The SMILES string of the molecule is CCCCCCCC/C=C\CCCCCC(O)C(O)(O)C(=O)OC(=O)C(O)CO. The van der Waals surface area contributed by atoms with Gasteiger partial charge in [0.2, 0.25) is 0 Å². The van der Waals surface area contributed by atoms with Crippen molar-refractivity contribution in [3.8, 4) is 0 Å². The molecule has 0 aliphatic carbocycles. The molecule has 29 heavy (non-hydrogen) atoms. The number of aliphatic hydroxyl groups excluding tert-OH is 3. The molecule has 0 amide bonds. The Morgan fingerprint density at radius 3 is 1.97 bits per heavy atom. The fourth-order valence-corrected chi connectivity index (χ4v) is 2.70. The molecule has 8 nitrogen and oxygen atoms in total. The van der Waals surface area contributed by atoms with Crippen LogP contribution in [0.2, 0.25) is 0 Å². The first-order valence-electron chi connectivity index (χ1n) is 10.6. The number of hydrogen-bond donors (Lipinski definition) is 5. The predicted molar refractivity (Wildman–Crippen MR) is 108 cm³/mol. The zero-order valence-electron chi connectivity index (χ0n) is 17.5. The van der Waals surface area contributed by atoms with Gasteiger partial charge in [-0.1, -0.05) is 64.0 Å². The van der Waals surface area contributed by atoms with E-state index in [1.54, 1.807) is 0 Å². The number of carbonyl (C=O) groups is 2. The highest BCUT2D eigenvalue weighted by atomic mass is 16.6. The zero-order valence-corrected chi connectivity index (χ0v) is 17.5. The van der Waals surface area contributed by atoms with Gasteiger partial charge < -0.3 is 30.3 Å². The maximum atomic E-state index is 11.6. The van der Waals surface area contributed by atoms with Crippen LogP contribution in [0.25, 0.3) is 0 Å². The van der Waals surface area contributed by atoms with Crippen molar-refractivity contribution in [2.24, 2.45) is 0 Å². The summed E-state index contributed by atoms with van der Waals surface area (Å²) in [5.74, 6) is -6.58. The van der Waals surface area contributed by atoms with Gasteiger partial charge in [-0.15, -0.1) is 0 Å². The summed E-state index contributed by atoms with van der Waals surface area (Å²) < 4.78 is 4.05. The summed E-state index contributed by atoms with van der Waals surface area (Å²) in [4.78, 5) is 22.7. The van der Waals surface area contributed by atoms with Crippen LogP contribution in [0.4, 0.5) is 0 Å². The van der Waals surface area contributed by atoms with Gasteiger partial charge in [-0.05, 0) is 32.1 Å². The van der Waals surface area contributed by atoms with Crippen LogP contribution in [0.5, 0.6) is 0 Å². The molecule has 0 bridgehead atoms. The molecule has 0 fully saturated rings. The van der Waals surface area contributed by atoms with Crippen LogP contribution in [-0.2, 0) is 14.3 Å². The second-order valence-electron chi connectivity index (χ2n) is 7.31. The summed E-state index contributed by atoms with van der Waals surface area (Å²) in [5, 5.41) is 46.7. The van der Waals surface area contributed by atoms with Gasteiger partial charge in [0.25, 0.3) is 5.79 Å². The Morgan fingerprint density at radius 2 is 1.41 bits per heavy atom. The largest absolute Gasteiger partial charge is 0.393 e. The van der Waals surface area contributed by atoms with E-state index in [4.69, 9.17) is 10.2 Å². The normalized spacial score (nSPS) is 14.1. The third-order valence-corrected chi connectivity index (χ3v) is 4.64. The fraction of sp³-hybridized carbons (Fsp3) is 0.810. The minimum atomic E-state index is -3.26. The number of hydrogen-bond acceptors (Lipinski definition) is 8. The van der Waals surface area contributed by atoms with E-state index >= 15 is 0 Å². The van der Waals surface area contributed by atoms with E-state index in [2.05, 4.69) is 23.8 Å². The van der Waals surface area contributed by atoms with Crippen molar-refractivity contribution in [2.45, 2.75) is 102 Å². The van der Waals surface area contributed by atoms with Crippen LogP contribution >= 0.6 is 0 Å². The van der Waals surface area contributed by atoms with E-state index in [9.17, 15) is 24.9 Å². The summed E-state index contributed by atoms with van der Waals surface area (Å²) in [6.45, 7) is 1.22. The minimum absolute atomic E-state index is 0.0691. The minimum Gasteiger partial charge on any atom is -0.393 e. The van der Waals surface area contributed by atoms with Crippen molar-refractivity contribution in [3.05, 3.63) is 12.2 Å². The first-order valence-corrected chi connectivity index (χ1v) is 10.6. The van der Waals surface area contributed by atoms with Crippen LogP contribution < -0.4 is 0 Å². The van der Waals surface area contributed by atoms with Crippen LogP contribution in [0.1, 0.15) is 84.0 Å². The number of ether oxygens (including phenoxy) is 1. The molecule has 0 aromatic carbocycles. The van der Waals surface area contributed by atoms with Crippen molar-refractivity contribution in [1.29, 1.82) is 0 Å². The lowest BCUT2D eigenvalue weighted by Gasteiger charge is -2.24. The van der Waals surface area contributed by atoms with Gasteiger partial charge in [-0.3, -0.25) is 0 Å². The smallest absolute Gasteiger partial charge is 0.377 e. The first-order chi connectivity index (χ1) is 13.8. The average Bonchev–Trinajstić information content (AvgIpc) is 2.70. The molecule has 2 unspecified atom stereocenters. The molecule has 0 aromatic rings. The molecule has 0 heterocycles. The molecule has 170 valence electrons. The second-order valence-corrected chi connectivity index (χ2v) is 7.31. The van der Waals surface area contributed by atoms with Crippen molar-refractivity contribution in [1.82, 2.24) is 0 Å². The van der Waals surface area contributed by atoms with Gasteiger partial charge in [0.1, 0.15) is 6.10 Å². The Balaban J connectivity index is 3.88. The van der Waals surface area contributed by atoms with E-state index in [0.717, 1.165) is 25.7 Å². The van der Waals surface area contributed by atoms with Crippen LogP contribution in [0, 0.1) is 0 Å². The van der Waals surface area contributed by atoms with Gasteiger partial charge in [-0.2, -0.15) is 0 Å². The molecule has 0 aromatic heterocycles. The van der Waals surface area contributed by atoms with E-state index in [-0.39, 0.29) is 6.42 Å². The lowest BCUT2D eigenvalue weighted by atomic mass is 10.0. The molecule has 0 spiro atoms. The quantitative estimate of drug-likeness (QED) is 0.0789. The van der Waals surface area contributed by atoms with Crippen LogP contribution in [0.3, 0.4) is 0 Å². The van der Waals surface area contributed by atoms with E-state index in [1.165, 1.54) is 38.5 Å². The fourth-order valence-electron chi connectivity index (χ4n) is 2.70. The van der Waals surface area contributed by atoms with Gasteiger partial charge in [0.15, 0.2) is 6.10 Å². The summed E-state index contributed by atoms with van der Waals surface area (Å²) in [7, 11) is 0. The maximum Gasteiger partial charge on any atom is 0.377 e. The van der Waals surface area contributed by atoms with Gasteiger partial charge in [0, 0.05) is 0 Å². The highest BCUT2D eigenvalue weighted by molar-refractivity contribution is 5.91. The average molecular weight is 419 g/mol. The summed E-state index contributed by atoms with van der Waals surface area (Å²) in [6, 6.07) is 0. The van der Waals surface area contributed by atoms with Crippen molar-refractivity contribution < 1.29 is 39.9 Å². The van der Waals surface area contributed by atoms with E-state index < -0.39 is 36.5 Å². The Kier molecular flexibility index (Phi) is 15.7. The number of carbonyl (C=O) groups excluding carboxylic acids is 2. The number of esters is 2. The molecule has 0 rings (SSSR count). The molecule has 0 aliphatic rings. The predicted octanol–water partition coefficient (Wildman–Crippen LogP) is 1.71. The monoisotopic (exact) mass is 418 g/mol. The van der Waals surface area contributed by atoms with Crippen LogP contribution in [0.15, 0.2) is 12.2 Å².